The van der Waals surface area contributed by atoms with E-state index in [1.54, 1.807) is 0 Å². The molecule has 2 aliphatic carbocycles. The number of hydrogen-bond donors (Lipinski definition) is 2. The van der Waals surface area contributed by atoms with Gasteiger partial charge in [-0.3, -0.25) is 0 Å². The minimum absolute atomic E-state index is 0.0359. The second-order valence-corrected chi connectivity index (χ2v) is 7.03. The van der Waals surface area contributed by atoms with E-state index >= 15 is 0 Å². The average Bonchev–Trinajstić information content (AvgIpc) is 2.85. The first-order chi connectivity index (χ1) is 7.61. The molecule has 5 heteroatoms. The van der Waals surface area contributed by atoms with E-state index < -0.39 is 10.0 Å². The van der Waals surface area contributed by atoms with E-state index in [-0.39, 0.29) is 6.04 Å². The lowest BCUT2D eigenvalue weighted by Crippen LogP contribution is -2.45. The molecule has 2 aliphatic rings. The van der Waals surface area contributed by atoms with Gasteiger partial charge in [0.2, 0.25) is 10.0 Å². The molecule has 0 radical (unpaired) electrons. The molecule has 2 saturated carbocycles. The van der Waals surface area contributed by atoms with Gasteiger partial charge < -0.3 is 5.73 Å². The lowest BCUT2D eigenvalue weighted by Gasteiger charge is -2.22. The third-order valence-corrected chi connectivity index (χ3v) is 5.28. The molecule has 0 aliphatic heterocycles. The summed E-state index contributed by atoms with van der Waals surface area (Å²) in [5.41, 5.74) is 5.68. The van der Waals surface area contributed by atoms with Crippen LogP contribution < -0.4 is 10.5 Å². The molecule has 4 nitrogen and oxygen atoms in total. The summed E-state index contributed by atoms with van der Waals surface area (Å²) in [5.74, 6) is 1.16. The maximum atomic E-state index is 11.8. The predicted octanol–water partition coefficient (Wildman–Crippen LogP) is 0.833. The van der Waals surface area contributed by atoms with E-state index in [1.807, 2.05) is 0 Å². The van der Waals surface area contributed by atoms with Crippen molar-refractivity contribution < 1.29 is 8.42 Å². The Morgan fingerprint density at radius 1 is 1.19 bits per heavy atom. The molecule has 2 rings (SSSR count). The fourth-order valence-corrected chi connectivity index (χ4v) is 4.37. The van der Waals surface area contributed by atoms with Crippen LogP contribution in [0, 0.1) is 11.8 Å². The van der Waals surface area contributed by atoms with Gasteiger partial charge in [-0.25, -0.2) is 13.1 Å². The lowest BCUT2D eigenvalue weighted by atomic mass is 9.99. The van der Waals surface area contributed by atoms with Crippen LogP contribution in [0.25, 0.3) is 0 Å². The smallest absolute Gasteiger partial charge is 0.212 e. The Labute approximate surface area is 98.0 Å². The highest BCUT2D eigenvalue weighted by Crippen LogP contribution is 2.31. The summed E-state index contributed by atoms with van der Waals surface area (Å²) in [6, 6.07) is -0.0359. The van der Waals surface area contributed by atoms with Crippen LogP contribution in [0.5, 0.6) is 0 Å². The van der Waals surface area contributed by atoms with Gasteiger partial charge in [-0.05, 0) is 37.5 Å². The third-order valence-electron chi connectivity index (χ3n) is 3.71. The van der Waals surface area contributed by atoms with E-state index in [2.05, 4.69) is 4.72 Å². The van der Waals surface area contributed by atoms with Gasteiger partial charge in [-0.1, -0.05) is 12.8 Å². The molecule has 0 aromatic rings. The van der Waals surface area contributed by atoms with Crippen molar-refractivity contribution in [1.82, 2.24) is 4.72 Å². The molecule has 0 aromatic carbocycles. The number of nitrogens with two attached hydrogens (primary N) is 1. The topological polar surface area (TPSA) is 72.2 Å². The Morgan fingerprint density at radius 3 is 2.31 bits per heavy atom. The molecule has 3 N–H and O–H groups in total. The van der Waals surface area contributed by atoms with Crippen molar-refractivity contribution in [3.63, 3.8) is 0 Å². The van der Waals surface area contributed by atoms with Gasteiger partial charge in [0.1, 0.15) is 0 Å². The minimum Gasteiger partial charge on any atom is -0.329 e. The normalized spacial score (nSPS) is 24.8. The molecule has 0 heterocycles. The van der Waals surface area contributed by atoms with Gasteiger partial charge in [-0.2, -0.15) is 0 Å². The van der Waals surface area contributed by atoms with Crippen molar-refractivity contribution in [1.29, 1.82) is 0 Å². The van der Waals surface area contributed by atoms with Crippen molar-refractivity contribution in [2.24, 2.45) is 17.6 Å². The van der Waals surface area contributed by atoms with Crippen LogP contribution in [-0.4, -0.2) is 26.8 Å². The fourth-order valence-electron chi connectivity index (χ4n) is 2.57. The summed E-state index contributed by atoms with van der Waals surface area (Å²) in [6.07, 6.45) is 6.80. The molecule has 1 unspecified atom stereocenters. The molecule has 0 bridgehead atoms. The van der Waals surface area contributed by atoms with Crippen molar-refractivity contribution in [2.75, 3.05) is 12.3 Å². The second kappa shape index (κ2) is 5.02. The first-order valence-corrected chi connectivity index (χ1v) is 7.96. The molecule has 0 aromatic heterocycles. The summed E-state index contributed by atoms with van der Waals surface area (Å²) >= 11 is 0. The Hall–Kier alpha value is -0.130. The molecule has 94 valence electrons. The number of rotatable bonds is 6. The van der Waals surface area contributed by atoms with Crippen LogP contribution in [0.3, 0.4) is 0 Å². The molecular weight excluding hydrogens is 224 g/mol. The predicted molar refractivity (Wildman–Crippen MR) is 64.4 cm³/mol. The summed E-state index contributed by atoms with van der Waals surface area (Å²) in [4.78, 5) is 0. The summed E-state index contributed by atoms with van der Waals surface area (Å²) < 4.78 is 26.5. The van der Waals surface area contributed by atoms with E-state index in [4.69, 9.17) is 5.73 Å². The Bertz CT molecular complexity index is 319. The van der Waals surface area contributed by atoms with Crippen LogP contribution in [0.1, 0.15) is 38.5 Å². The van der Waals surface area contributed by atoms with Gasteiger partial charge in [-0.15, -0.1) is 0 Å². The maximum absolute atomic E-state index is 11.8. The minimum atomic E-state index is -3.10. The quantitative estimate of drug-likeness (QED) is 0.729. The Kier molecular flexibility index (Phi) is 3.87. The fraction of sp³-hybridized carbons (Fsp3) is 1.00. The highest BCUT2D eigenvalue weighted by Gasteiger charge is 2.32. The van der Waals surface area contributed by atoms with E-state index in [0.29, 0.717) is 24.1 Å². The zero-order valence-corrected chi connectivity index (χ0v) is 10.5. The van der Waals surface area contributed by atoms with Gasteiger partial charge in [0.25, 0.3) is 0 Å². The van der Waals surface area contributed by atoms with Crippen LogP contribution in [-0.2, 0) is 10.0 Å². The average molecular weight is 246 g/mol. The first kappa shape index (κ1) is 12.3. The van der Waals surface area contributed by atoms with Crippen molar-refractivity contribution in [2.45, 2.75) is 44.6 Å². The summed E-state index contributed by atoms with van der Waals surface area (Å²) in [7, 11) is -3.10. The van der Waals surface area contributed by atoms with Gasteiger partial charge in [0.05, 0.1) is 5.75 Å². The molecule has 0 saturated heterocycles. The zero-order valence-electron chi connectivity index (χ0n) is 9.69. The lowest BCUT2D eigenvalue weighted by molar-refractivity contribution is 0.405. The molecule has 2 fully saturated rings. The largest absolute Gasteiger partial charge is 0.329 e. The van der Waals surface area contributed by atoms with Crippen molar-refractivity contribution in [3.05, 3.63) is 0 Å². The van der Waals surface area contributed by atoms with Crippen LogP contribution in [0.2, 0.25) is 0 Å². The van der Waals surface area contributed by atoms with Gasteiger partial charge in [0, 0.05) is 12.6 Å². The van der Waals surface area contributed by atoms with Crippen molar-refractivity contribution in [3.8, 4) is 0 Å². The van der Waals surface area contributed by atoms with Crippen molar-refractivity contribution >= 4 is 10.0 Å². The van der Waals surface area contributed by atoms with Crippen LogP contribution in [0.4, 0.5) is 0 Å². The maximum Gasteiger partial charge on any atom is 0.212 e. The molecule has 16 heavy (non-hydrogen) atoms. The number of hydrogen-bond acceptors (Lipinski definition) is 3. The SMILES string of the molecule is NCC(NS(=O)(=O)CC1CC1)C1CCCC1. The highest BCUT2D eigenvalue weighted by atomic mass is 32.2. The van der Waals surface area contributed by atoms with Crippen LogP contribution in [0.15, 0.2) is 0 Å². The van der Waals surface area contributed by atoms with E-state index in [1.165, 1.54) is 12.8 Å². The standard InChI is InChI=1S/C11H22N2O2S/c12-7-11(10-3-1-2-4-10)13-16(14,15)8-9-5-6-9/h9-11,13H,1-8,12H2. The summed E-state index contributed by atoms with van der Waals surface area (Å²) in [5, 5.41) is 0. The van der Waals surface area contributed by atoms with Crippen LogP contribution >= 0.6 is 0 Å². The Balaban J connectivity index is 1.88. The third kappa shape index (κ3) is 3.43. The number of nitrogens with one attached hydrogen (secondary N) is 1. The second-order valence-electron chi connectivity index (χ2n) is 5.23. The van der Waals surface area contributed by atoms with E-state index in [9.17, 15) is 8.42 Å². The van der Waals surface area contributed by atoms with Gasteiger partial charge in [0.15, 0.2) is 0 Å². The molecular formula is C11H22N2O2S. The Morgan fingerprint density at radius 2 is 1.81 bits per heavy atom. The summed E-state index contributed by atoms with van der Waals surface area (Å²) in [6.45, 7) is 0.425. The molecule has 0 spiro atoms. The molecule has 1 atom stereocenters. The van der Waals surface area contributed by atoms with Gasteiger partial charge >= 0.3 is 0 Å². The zero-order chi connectivity index (χ0) is 11.6. The molecule has 0 amide bonds. The highest BCUT2D eigenvalue weighted by molar-refractivity contribution is 7.89. The first-order valence-electron chi connectivity index (χ1n) is 6.31. The monoisotopic (exact) mass is 246 g/mol. The van der Waals surface area contributed by atoms with E-state index in [0.717, 1.165) is 25.7 Å². The number of sulfonamides is 1.